The molecule has 0 rings (SSSR count). The fraction of sp³-hybridized carbons (Fsp3) is 0.947. The Balaban J connectivity index is 5.22. The summed E-state index contributed by atoms with van der Waals surface area (Å²) in [6, 6.07) is 0. The van der Waals surface area contributed by atoms with Crippen LogP contribution in [0.4, 0.5) is 0 Å². The molecule has 0 radical (unpaired) electrons. The lowest BCUT2D eigenvalue weighted by Gasteiger charge is -2.21. The van der Waals surface area contributed by atoms with E-state index in [2.05, 4.69) is 55.4 Å². The van der Waals surface area contributed by atoms with Crippen LogP contribution in [0.15, 0.2) is 0 Å². The Kier molecular flexibility index (Phi) is 64.0. The molecule has 564 valence electrons. The van der Waals surface area contributed by atoms with Gasteiger partial charge < -0.3 is 33.8 Å². The van der Waals surface area contributed by atoms with Crippen LogP contribution < -0.4 is 0 Å². The van der Waals surface area contributed by atoms with E-state index < -0.39 is 97.5 Å². The first-order chi connectivity index (χ1) is 45.6. The molecule has 0 aromatic heterocycles. The van der Waals surface area contributed by atoms with Gasteiger partial charge in [-0.1, -0.05) is 331 Å². The number of carbonyl (C=O) groups is 4. The summed E-state index contributed by atoms with van der Waals surface area (Å²) in [6.45, 7) is 14.1. The third kappa shape index (κ3) is 70.3. The Morgan fingerprint density at radius 3 is 0.653 bits per heavy atom. The number of esters is 4. The molecule has 5 atom stereocenters. The Morgan fingerprint density at radius 1 is 0.263 bits per heavy atom. The zero-order valence-electron chi connectivity index (χ0n) is 62.3. The molecule has 0 aliphatic heterocycles. The summed E-state index contributed by atoms with van der Waals surface area (Å²) in [4.78, 5) is 72.7. The summed E-state index contributed by atoms with van der Waals surface area (Å²) in [6.07, 6.45) is 50.2. The van der Waals surface area contributed by atoms with Crippen LogP contribution >= 0.6 is 15.6 Å². The minimum Gasteiger partial charge on any atom is -0.462 e. The summed E-state index contributed by atoms with van der Waals surface area (Å²) in [7, 11) is -9.91. The number of unbranched alkanes of at least 4 members (excludes halogenated alkanes) is 39. The molecular weight excluding hydrogens is 1250 g/mol. The summed E-state index contributed by atoms with van der Waals surface area (Å²) in [5, 5.41) is 10.6. The van der Waals surface area contributed by atoms with E-state index in [0.717, 1.165) is 108 Å². The van der Waals surface area contributed by atoms with Gasteiger partial charge in [0.2, 0.25) is 0 Å². The molecule has 0 aromatic rings. The van der Waals surface area contributed by atoms with Crippen LogP contribution in [0.1, 0.15) is 383 Å². The lowest BCUT2D eigenvalue weighted by atomic mass is 10.0. The molecule has 19 heteroatoms. The predicted octanol–water partition coefficient (Wildman–Crippen LogP) is 22.0. The van der Waals surface area contributed by atoms with Crippen LogP contribution in [0.25, 0.3) is 0 Å². The van der Waals surface area contributed by atoms with Crippen molar-refractivity contribution in [3.8, 4) is 0 Å². The monoisotopic (exact) mass is 1400 g/mol. The first-order valence-electron chi connectivity index (χ1n) is 39.2. The highest BCUT2D eigenvalue weighted by molar-refractivity contribution is 7.47. The van der Waals surface area contributed by atoms with E-state index in [0.29, 0.717) is 37.5 Å². The number of aliphatic hydroxyl groups is 1. The van der Waals surface area contributed by atoms with Crippen molar-refractivity contribution in [2.45, 2.75) is 401 Å². The zero-order valence-corrected chi connectivity index (χ0v) is 64.1. The molecule has 3 N–H and O–H groups in total. The normalized spacial score (nSPS) is 14.1. The van der Waals surface area contributed by atoms with Crippen molar-refractivity contribution in [3.05, 3.63) is 0 Å². The zero-order chi connectivity index (χ0) is 70.3. The van der Waals surface area contributed by atoms with Crippen LogP contribution in [-0.2, 0) is 65.4 Å². The molecular formula is C76H148O17P2. The van der Waals surface area contributed by atoms with Crippen LogP contribution in [0.2, 0.25) is 0 Å². The molecule has 0 aliphatic rings. The topological polar surface area (TPSA) is 237 Å². The first kappa shape index (κ1) is 93.1. The van der Waals surface area contributed by atoms with Crippen molar-refractivity contribution < 1.29 is 80.2 Å². The van der Waals surface area contributed by atoms with Gasteiger partial charge in [-0.3, -0.25) is 37.3 Å². The Hall–Kier alpha value is -1.94. The van der Waals surface area contributed by atoms with Gasteiger partial charge in [0.25, 0.3) is 0 Å². The molecule has 0 aromatic carbocycles. The highest BCUT2D eigenvalue weighted by atomic mass is 31.2. The van der Waals surface area contributed by atoms with E-state index >= 15 is 0 Å². The highest BCUT2D eigenvalue weighted by Gasteiger charge is 2.30. The van der Waals surface area contributed by atoms with E-state index in [9.17, 15) is 43.2 Å². The molecule has 3 unspecified atom stereocenters. The minimum atomic E-state index is -4.96. The lowest BCUT2D eigenvalue weighted by molar-refractivity contribution is -0.161. The Bertz CT molecular complexity index is 1870. The number of phosphoric acid groups is 2. The maximum absolute atomic E-state index is 13.1. The van der Waals surface area contributed by atoms with E-state index in [1.165, 1.54) is 180 Å². The molecule has 0 heterocycles. The summed E-state index contributed by atoms with van der Waals surface area (Å²) < 4.78 is 68.5. The third-order valence-electron chi connectivity index (χ3n) is 17.6. The van der Waals surface area contributed by atoms with Crippen molar-refractivity contribution >= 4 is 39.5 Å². The summed E-state index contributed by atoms with van der Waals surface area (Å²) in [5.74, 6) is 0.879. The quantitative estimate of drug-likeness (QED) is 0.0222. The van der Waals surface area contributed by atoms with Gasteiger partial charge in [-0.05, 0) is 49.4 Å². The van der Waals surface area contributed by atoms with Crippen LogP contribution in [0, 0.1) is 23.7 Å². The molecule has 0 aliphatic carbocycles. The number of ether oxygens (including phenoxy) is 4. The fourth-order valence-electron chi connectivity index (χ4n) is 11.6. The maximum atomic E-state index is 13.1. The van der Waals surface area contributed by atoms with Crippen LogP contribution in [-0.4, -0.2) is 96.7 Å². The smallest absolute Gasteiger partial charge is 0.462 e. The lowest BCUT2D eigenvalue weighted by Crippen LogP contribution is -2.30. The van der Waals surface area contributed by atoms with E-state index in [1.807, 2.05) is 0 Å². The second kappa shape index (κ2) is 65.4. The largest absolute Gasteiger partial charge is 0.472 e. The van der Waals surface area contributed by atoms with E-state index in [4.69, 9.17) is 37.0 Å². The molecule has 0 spiro atoms. The second-order valence-corrected chi connectivity index (χ2v) is 32.2. The summed E-state index contributed by atoms with van der Waals surface area (Å²) in [5.41, 5.74) is 0. The maximum Gasteiger partial charge on any atom is 0.472 e. The number of rotatable bonds is 73. The number of hydrogen-bond acceptors (Lipinski definition) is 15. The second-order valence-electron chi connectivity index (χ2n) is 29.3. The number of phosphoric ester groups is 2. The van der Waals surface area contributed by atoms with Gasteiger partial charge in [-0.2, -0.15) is 0 Å². The van der Waals surface area contributed by atoms with Gasteiger partial charge in [-0.15, -0.1) is 0 Å². The molecule has 0 bridgehead atoms. The van der Waals surface area contributed by atoms with Gasteiger partial charge in [0.05, 0.1) is 26.4 Å². The van der Waals surface area contributed by atoms with Crippen molar-refractivity contribution in [2.75, 3.05) is 39.6 Å². The average molecular weight is 1400 g/mol. The highest BCUT2D eigenvalue weighted by Crippen LogP contribution is 2.45. The van der Waals surface area contributed by atoms with E-state index in [-0.39, 0.29) is 25.7 Å². The number of carbonyl (C=O) groups excluding carboxylic acids is 4. The van der Waals surface area contributed by atoms with Crippen molar-refractivity contribution in [1.82, 2.24) is 0 Å². The SMILES string of the molecule is CC(C)CCCCCCCCCCCCCCCCCC(=O)O[C@H](COC(=O)CCCCCCCCCCCCCCCCC(C)C)COP(=O)(O)OCC(O)COP(=O)(O)OC[C@@H](COC(=O)CCCCCCCCCC(C)C)OC(=O)CCCCCCCCCC(C)C. The number of aliphatic hydroxyl groups excluding tert-OH is 1. The van der Waals surface area contributed by atoms with Gasteiger partial charge in [0, 0.05) is 25.7 Å². The standard InChI is InChI=1S/C76H148O17P2/c1-66(2)52-44-36-28-22-18-14-10-9-11-17-21-25-33-42-50-58-75(80)92-71(62-86-73(78)56-48-40-32-24-20-16-13-12-15-19-23-29-37-45-53-67(3)4)64-90-94(82,83)88-60-70(77)61-89-95(84,85)91-65-72(93-76(81)59-51-43-35-27-31-39-47-55-69(7)8)63-87-74(79)57-49-41-34-26-30-38-46-54-68(5)6/h66-72,77H,9-65H2,1-8H3,(H,82,83)(H,84,85)/t70?,71-,72-/m1/s1. The van der Waals surface area contributed by atoms with Crippen molar-refractivity contribution in [2.24, 2.45) is 23.7 Å². The Labute approximate surface area is 581 Å². The molecule has 0 saturated heterocycles. The first-order valence-corrected chi connectivity index (χ1v) is 42.2. The fourth-order valence-corrected chi connectivity index (χ4v) is 13.1. The molecule has 0 saturated carbocycles. The van der Waals surface area contributed by atoms with Gasteiger partial charge in [-0.25, -0.2) is 9.13 Å². The predicted molar refractivity (Wildman–Crippen MR) is 386 cm³/mol. The minimum absolute atomic E-state index is 0.102. The third-order valence-corrected chi connectivity index (χ3v) is 19.5. The molecule has 0 fully saturated rings. The van der Waals surface area contributed by atoms with Crippen LogP contribution in [0.3, 0.4) is 0 Å². The molecule has 0 amide bonds. The van der Waals surface area contributed by atoms with Gasteiger partial charge in [0.1, 0.15) is 19.3 Å². The number of hydrogen-bond donors (Lipinski definition) is 3. The van der Waals surface area contributed by atoms with E-state index in [1.54, 1.807) is 0 Å². The molecule has 17 nitrogen and oxygen atoms in total. The summed E-state index contributed by atoms with van der Waals surface area (Å²) >= 11 is 0. The van der Waals surface area contributed by atoms with Gasteiger partial charge >= 0.3 is 39.5 Å². The van der Waals surface area contributed by atoms with Gasteiger partial charge in [0.15, 0.2) is 12.2 Å². The van der Waals surface area contributed by atoms with Crippen molar-refractivity contribution in [3.63, 3.8) is 0 Å². The molecule has 95 heavy (non-hydrogen) atoms. The Morgan fingerprint density at radius 2 is 0.442 bits per heavy atom. The van der Waals surface area contributed by atoms with Crippen LogP contribution in [0.5, 0.6) is 0 Å². The van der Waals surface area contributed by atoms with Crippen molar-refractivity contribution in [1.29, 1.82) is 0 Å². The average Bonchev–Trinajstić information content (AvgIpc) is 3.53.